The summed E-state index contributed by atoms with van der Waals surface area (Å²) < 4.78 is 10.9. The third-order valence-corrected chi connectivity index (χ3v) is 4.13. The van der Waals surface area contributed by atoms with Crippen LogP contribution in [0.4, 0.5) is 0 Å². The van der Waals surface area contributed by atoms with E-state index in [9.17, 15) is 9.59 Å². The second-order valence-corrected chi connectivity index (χ2v) is 6.03. The average Bonchev–Trinajstić information content (AvgIpc) is 3.11. The molecule has 7 nitrogen and oxygen atoms in total. The maximum atomic E-state index is 12.0. The standard InChI is InChI=1S/C18H20N2O5/c21-17(14-6-7-15(25-14)18(22)23)20-11-12-8-9-19-16(10-12)24-13-4-2-1-3-5-13/h6-10,13H,1-5,11H2,(H,20,21)(H,22,23). The second kappa shape index (κ2) is 7.83. The first-order valence-corrected chi connectivity index (χ1v) is 8.35. The summed E-state index contributed by atoms with van der Waals surface area (Å²) in [6.45, 7) is 0.269. The highest BCUT2D eigenvalue weighted by Gasteiger charge is 2.16. The molecule has 132 valence electrons. The fourth-order valence-corrected chi connectivity index (χ4v) is 2.82. The number of carbonyl (C=O) groups excluding carboxylic acids is 1. The Morgan fingerprint density at radius 2 is 1.96 bits per heavy atom. The molecule has 1 fully saturated rings. The Hall–Kier alpha value is -2.83. The van der Waals surface area contributed by atoms with Crippen molar-refractivity contribution in [2.24, 2.45) is 0 Å². The molecule has 0 atom stereocenters. The zero-order chi connectivity index (χ0) is 17.6. The van der Waals surface area contributed by atoms with Crippen LogP contribution in [0, 0.1) is 0 Å². The van der Waals surface area contributed by atoms with E-state index in [-0.39, 0.29) is 24.2 Å². The van der Waals surface area contributed by atoms with Gasteiger partial charge in [-0.15, -0.1) is 0 Å². The molecule has 0 bridgehead atoms. The second-order valence-electron chi connectivity index (χ2n) is 6.03. The van der Waals surface area contributed by atoms with E-state index in [4.69, 9.17) is 14.3 Å². The van der Waals surface area contributed by atoms with Crippen molar-refractivity contribution in [3.8, 4) is 5.88 Å². The molecular formula is C18H20N2O5. The van der Waals surface area contributed by atoms with Crippen LogP contribution >= 0.6 is 0 Å². The molecule has 0 saturated heterocycles. The van der Waals surface area contributed by atoms with Gasteiger partial charge in [-0.1, -0.05) is 6.42 Å². The molecule has 1 aliphatic rings. The Morgan fingerprint density at radius 3 is 2.68 bits per heavy atom. The zero-order valence-electron chi connectivity index (χ0n) is 13.7. The largest absolute Gasteiger partial charge is 0.475 e. The van der Waals surface area contributed by atoms with Gasteiger partial charge in [0.1, 0.15) is 6.10 Å². The predicted octanol–water partition coefficient (Wildman–Crippen LogP) is 3.01. The zero-order valence-corrected chi connectivity index (χ0v) is 13.7. The van der Waals surface area contributed by atoms with E-state index in [1.807, 2.05) is 0 Å². The summed E-state index contributed by atoms with van der Waals surface area (Å²) in [5, 5.41) is 11.5. The number of aromatic carboxylic acids is 1. The summed E-state index contributed by atoms with van der Waals surface area (Å²) in [7, 11) is 0. The average molecular weight is 344 g/mol. The number of aromatic nitrogens is 1. The number of nitrogens with zero attached hydrogens (tertiary/aromatic N) is 1. The highest BCUT2D eigenvalue weighted by atomic mass is 16.5. The van der Waals surface area contributed by atoms with Crippen molar-refractivity contribution in [2.45, 2.75) is 44.8 Å². The number of rotatable bonds is 6. The summed E-state index contributed by atoms with van der Waals surface area (Å²) in [4.78, 5) is 27.0. The number of hydrogen-bond acceptors (Lipinski definition) is 5. The fourth-order valence-electron chi connectivity index (χ4n) is 2.82. The number of hydrogen-bond donors (Lipinski definition) is 2. The molecule has 0 aliphatic heterocycles. The SMILES string of the molecule is O=C(O)c1ccc(C(=O)NCc2ccnc(OC3CCCCC3)c2)o1. The van der Waals surface area contributed by atoms with Gasteiger partial charge in [0.05, 0.1) is 0 Å². The summed E-state index contributed by atoms with van der Waals surface area (Å²) in [6.07, 6.45) is 7.58. The van der Waals surface area contributed by atoms with Crippen molar-refractivity contribution in [3.63, 3.8) is 0 Å². The number of carboxylic acids is 1. The Kier molecular flexibility index (Phi) is 5.33. The molecule has 2 heterocycles. The van der Waals surface area contributed by atoms with Crippen molar-refractivity contribution in [1.29, 1.82) is 0 Å². The molecule has 25 heavy (non-hydrogen) atoms. The minimum atomic E-state index is -1.21. The van der Waals surface area contributed by atoms with E-state index < -0.39 is 11.9 Å². The summed E-state index contributed by atoms with van der Waals surface area (Å²) in [5.41, 5.74) is 0.846. The quantitative estimate of drug-likeness (QED) is 0.835. The van der Waals surface area contributed by atoms with E-state index in [1.165, 1.54) is 31.4 Å². The van der Waals surface area contributed by atoms with Crippen molar-refractivity contribution >= 4 is 11.9 Å². The maximum Gasteiger partial charge on any atom is 0.371 e. The topological polar surface area (TPSA) is 102 Å². The molecule has 0 spiro atoms. The maximum absolute atomic E-state index is 12.0. The Morgan fingerprint density at radius 1 is 1.20 bits per heavy atom. The van der Waals surface area contributed by atoms with Gasteiger partial charge in [-0.25, -0.2) is 9.78 Å². The molecule has 1 saturated carbocycles. The van der Waals surface area contributed by atoms with Crippen molar-refractivity contribution in [2.75, 3.05) is 0 Å². The molecule has 2 aromatic heterocycles. The van der Waals surface area contributed by atoms with E-state index in [0.29, 0.717) is 5.88 Å². The lowest BCUT2D eigenvalue weighted by atomic mass is 9.98. The van der Waals surface area contributed by atoms with Gasteiger partial charge in [0.25, 0.3) is 5.91 Å². The van der Waals surface area contributed by atoms with Crippen LogP contribution in [0.3, 0.4) is 0 Å². The van der Waals surface area contributed by atoms with Gasteiger partial charge in [-0.2, -0.15) is 0 Å². The lowest BCUT2D eigenvalue weighted by molar-refractivity contribution is 0.0659. The Balaban J connectivity index is 1.56. The number of furan rings is 1. The van der Waals surface area contributed by atoms with Gasteiger partial charge in [-0.3, -0.25) is 4.79 Å². The lowest BCUT2D eigenvalue weighted by Gasteiger charge is -2.22. The summed E-state index contributed by atoms with van der Waals surface area (Å²) in [5.74, 6) is -1.43. The lowest BCUT2D eigenvalue weighted by Crippen LogP contribution is -2.23. The number of carboxylic acid groups (broad SMARTS) is 1. The molecule has 3 rings (SSSR count). The van der Waals surface area contributed by atoms with Crippen molar-refractivity contribution in [3.05, 3.63) is 47.5 Å². The van der Waals surface area contributed by atoms with Crippen LogP contribution in [0.5, 0.6) is 5.88 Å². The highest BCUT2D eigenvalue weighted by Crippen LogP contribution is 2.22. The van der Waals surface area contributed by atoms with Gasteiger partial charge in [0.2, 0.25) is 11.6 Å². The first kappa shape index (κ1) is 17.0. The van der Waals surface area contributed by atoms with Gasteiger partial charge in [0, 0.05) is 18.8 Å². The van der Waals surface area contributed by atoms with Crippen molar-refractivity contribution in [1.82, 2.24) is 10.3 Å². The highest BCUT2D eigenvalue weighted by molar-refractivity contribution is 5.93. The molecule has 2 aromatic rings. The van der Waals surface area contributed by atoms with E-state index in [0.717, 1.165) is 18.4 Å². The van der Waals surface area contributed by atoms with Crippen LogP contribution in [0.15, 0.2) is 34.9 Å². The van der Waals surface area contributed by atoms with Gasteiger partial charge in [0.15, 0.2) is 5.76 Å². The monoisotopic (exact) mass is 344 g/mol. The van der Waals surface area contributed by atoms with Crippen LogP contribution in [0.2, 0.25) is 0 Å². The molecular weight excluding hydrogens is 324 g/mol. The normalized spacial score (nSPS) is 14.9. The third-order valence-electron chi connectivity index (χ3n) is 4.13. The summed E-state index contributed by atoms with van der Waals surface area (Å²) in [6, 6.07) is 6.18. The summed E-state index contributed by atoms with van der Waals surface area (Å²) >= 11 is 0. The fraction of sp³-hybridized carbons (Fsp3) is 0.389. The van der Waals surface area contributed by atoms with Gasteiger partial charge >= 0.3 is 5.97 Å². The number of pyridine rings is 1. The first-order valence-electron chi connectivity index (χ1n) is 8.35. The van der Waals surface area contributed by atoms with Crippen LogP contribution in [0.1, 0.15) is 58.8 Å². The molecule has 1 amide bonds. The third kappa shape index (κ3) is 4.59. The van der Waals surface area contributed by atoms with Gasteiger partial charge in [-0.05, 0) is 49.4 Å². The molecule has 2 N–H and O–H groups in total. The number of amides is 1. The minimum Gasteiger partial charge on any atom is -0.475 e. The van der Waals surface area contributed by atoms with E-state index in [2.05, 4.69) is 10.3 Å². The van der Waals surface area contributed by atoms with Crippen LogP contribution < -0.4 is 10.1 Å². The van der Waals surface area contributed by atoms with E-state index >= 15 is 0 Å². The molecule has 7 heteroatoms. The van der Waals surface area contributed by atoms with Crippen LogP contribution in [-0.4, -0.2) is 28.1 Å². The molecule has 0 unspecified atom stereocenters. The first-order chi connectivity index (χ1) is 12.1. The minimum absolute atomic E-state index is 0.0369. The van der Waals surface area contributed by atoms with Crippen molar-refractivity contribution < 1.29 is 23.8 Å². The van der Waals surface area contributed by atoms with Crippen LogP contribution in [0.25, 0.3) is 0 Å². The van der Waals surface area contributed by atoms with Crippen LogP contribution in [-0.2, 0) is 6.54 Å². The molecule has 1 aliphatic carbocycles. The molecule has 0 radical (unpaired) electrons. The van der Waals surface area contributed by atoms with E-state index in [1.54, 1.807) is 18.3 Å². The number of ether oxygens (including phenoxy) is 1. The van der Waals surface area contributed by atoms with Gasteiger partial charge < -0.3 is 19.6 Å². The Bertz CT molecular complexity index is 749. The number of nitrogens with one attached hydrogen (secondary N) is 1. The Labute approximate surface area is 145 Å². The predicted molar refractivity (Wildman–Crippen MR) is 88.6 cm³/mol. The number of carbonyl (C=O) groups is 2. The smallest absolute Gasteiger partial charge is 0.371 e. The molecule has 0 aromatic carbocycles.